The summed E-state index contributed by atoms with van der Waals surface area (Å²) in [5, 5.41) is 15.0. The number of anilines is 2. The Hall–Kier alpha value is -2.49. The van der Waals surface area contributed by atoms with Crippen molar-refractivity contribution in [3.8, 4) is 5.75 Å². The molecule has 2 aromatic rings. The van der Waals surface area contributed by atoms with Gasteiger partial charge in [-0.25, -0.2) is 0 Å². The van der Waals surface area contributed by atoms with Crippen LogP contribution in [0.15, 0.2) is 48.5 Å². The third-order valence-electron chi connectivity index (χ3n) is 2.57. The fourth-order valence-electron chi connectivity index (χ4n) is 1.62. The van der Waals surface area contributed by atoms with Gasteiger partial charge in [-0.15, -0.1) is 0 Å². The van der Waals surface area contributed by atoms with Crippen molar-refractivity contribution in [2.24, 2.45) is 0 Å². The molecule has 0 aliphatic carbocycles. The molecule has 0 saturated carbocycles. The zero-order valence-corrected chi connectivity index (χ0v) is 9.97. The first kappa shape index (κ1) is 12.0. The minimum atomic E-state index is -0.210. The van der Waals surface area contributed by atoms with E-state index in [-0.39, 0.29) is 11.7 Å². The monoisotopic (exact) mass is 242 g/mol. The highest BCUT2D eigenvalue weighted by Crippen LogP contribution is 2.21. The van der Waals surface area contributed by atoms with Gasteiger partial charge in [-0.3, -0.25) is 4.79 Å². The largest absolute Gasteiger partial charge is 0.508 e. The van der Waals surface area contributed by atoms with Crippen molar-refractivity contribution in [1.82, 2.24) is 0 Å². The van der Waals surface area contributed by atoms with Crippen molar-refractivity contribution in [2.45, 2.75) is 0 Å². The Morgan fingerprint density at radius 2 is 1.61 bits per heavy atom. The molecule has 0 fully saturated rings. The van der Waals surface area contributed by atoms with Gasteiger partial charge in [0.15, 0.2) is 0 Å². The van der Waals surface area contributed by atoms with E-state index in [4.69, 9.17) is 5.11 Å². The number of phenolic OH excluding ortho intramolecular Hbond substituents is 1. The lowest BCUT2D eigenvalue weighted by molar-refractivity contribution is 0.102. The number of para-hydroxylation sites is 2. The lowest BCUT2D eigenvalue weighted by atomic mass is 10.2. The first-order chi connectivity index (χ1) is 8.70. The number of phenols is 1. The Balaban J connectivity index is 2.18. The lowest BCUT2D eigenvalue weighted by Crippen LogP contribution is -2.12. The molecule has 0 heterocycles. The Labute approximate surface area is 105 Å². The Morgan fingerprint density at radius 1 is 1.00 bits per heavy atom. The molecule has 4 heteroatoms. The van der Waals surface area contributed by atoms with Crippen molar-refractivity contribution in [2.75, 3.05) is 17.7 Å². The molecule has 92 valence electrons. The standard InChI is InChI=1S/C14H14N2O2/c1-15-12-4-2-3-5-13(12)16-14(18)10-6-8-11(17)9-7-10/h2-9,15,17H,1H3,(H,16,18). The summed E-state index contributed by atoms with van der Waals surface area (Å²) in [4.78, 5) is 12.0. The molecular weight excluding hydrogens is 228 g/mol. The molecule has 2 rings (SSSR count). The van der Waals surface area contributed by atoms with Gasteiger partial charge in [0, 0.05) is 12.6 Å². The van der Waals surface area contributed by atoms with Gasteiger partial charge in [0.05, 0.1) is 11.4 Å². The van der Waals surface area contributed by atoms with E-state index in [2.05, 4.69) is 10.6 Å². The number of amides is 1. The zero-order valence-electron chi connectivity index (χ0n) is 9.97. The maximum absolute atomic E-state index is 12.0. The topological polar surface area (TPSA) is 61.4 Å². The van der Waals surface area contributed by atoms with E-state index < -0.39 is 0 Å². The molecule has 1 amide bonds. The van der Waals surface area contributed by atoms with E-state index in [0.29, 0.717) is 5.56 Å². The van der Waals surface area contributed by atoms with Gasteiger partial charge >= 0.3 is 0 Å². The average Bonchev–Trinajstić information content (AvgIpc) is 2.40. The van der Waals surface area contributed by atoms with E-state index >= 15 is 0 Å². The minimum absolute atomic E-state index is 0.141. The number of benzene rings is 2. The summed E-state index contributed by atoms with van der Waals surface area (Å²) >= 11 is 0. The normalized spacial score (nSPS) is 9.83. The second-order valence-electron chi connectivity index (χ2n) is 3.80. The number of rotatable bonds is 3. The molecule has 0 saturated heterocycles. The maximum atomic E-state index is 12.0. The maximum Gasteiger partial charge on any atom is 0.255 e. The molecule has 0 spiro atoms. The molecule has 0 bridgehead atoms. The van der Waals surface area contributed by atoms with Crippen molar-refractivity contribution in [3.05, 3.63) is 54.1 Å². The van der Waals surface area contributed by atoms with E-state index in [9.17, 15) is 4.79 Å². The summed E-state index contributed by atoms with van der Waals surface area (Å²) in [6.45, 7) is 0. The molecular formula is C14H14N2O2. The van der Waals surface area contributed by atoms with E-state index in [1.807, 2.05) is 24.3 Å². The fourth-order valence-corrected chi connectivity index (χ4v) is 1.62. The number of carbonyl (C=O) groups excluding carboxylic acids is 1. The molecule has 0 aromatic heterocycles. The smallest absolute Gasteiger partial charge is 0.255 e. The van der Waals surface area contributed by atoms with Crippen molar-refractivity contribution in [3.63, 3.8) is 0 Å². The van der Waals surface area contributed by atoms with E-state index in [1.165, 1.54) is 12.1 Å². The first-order valence-corrected chi connectivity index (χ1v) is 5.58. The highest BCUT2D eigenvalue weighted by molar-refractivity contribution is 6.05. The number of hydrogen-bond donors (Lipinski definition) is 3. The number of carbonyl (C=O) groups is 1. The molecule has 2 aromatic carbocycles. The number of hydrogen-bond acceptors (Lipinski definition) is 3. The van der Waals surface area contributed by atoms with Crippen LogP contribution in [0.1, 0.15) is 10.4 Å². The zero-order chi connectivity index (χ0) is 13.0. The summed E-state index contributed by atoms with van der Waals surface area (Å²) in [7, 11) is 1.80. The first-order valence-electron chi connectivity index (χ1n) is 5.58. The third-order valence-corrected chi connectivity index (χ3v) is 2.57. The average molecular weight is 242 g/mol. The molecule has 0 atom stereocenters. The van der Waals surface area contributed by atoms with Crippen LogP contribution in [0.3, 0.4) is 0 Å². The van der Waals surface area contributed by atoms with Crippen molar-refractivity contribution >= 4 is 17.3 Å². The van der Waals surface area contributed by atoms with Gasteiger partial charge in [-0.2, -0.15) is 0 Å². The van der Waals surface area contributed by atoms with Gasteiger partial charge in [-0.05, 0) is 36.4 Å². The molecule has 18 heavy (non-hydrogen) atoms. The number of nitrogens with one attached hydrogen (secondary N) is 2. The highest BCUT2D eigenvalue weighted by atomic mass is 16.3. The van der Waals surface area contributed by atoms with E-state index in [1.54, 1.807) is 19.2 Å². The number of aromatic hydroxyl groups is 1. The minimum Gasteiger partial charge on any atom is -0.508 e. The summed E-state index contributed by atoms with van der Waals surface area (Å²) in [5.41, 5.74) is 2.07. The molecule has 0 aliphatic heterocycles. The van der Waals surface area contributed by atoms with Crippen LogP contribution in [0.25, 0.3) is 0 Å². The quantitative estimate of drug-likeness (QED) is 0.775. The fraction of sp³-hybridized carbons (Fsp3) is 0.0714. The molecule has 0 aliphatic rings. The molecule has 4 nitrogen and oxygen atoms in total. The Kier molecular flexibility index (Phi) is 3.48. The van der Waals surface area contributed by atoms with Crippen LogP contribution in [0.4, 0.5) is 11.4 Å². The van der Waals surface area contributed by atoms with Gasteiger partial charge in [0.1, 0.15) is 5.75 Å². The van der Waals surface area contributed by atoms with Crippen LogP contribution in [0.2, 0.25) is 0 Å². The second kappa shape index (κ2) is 5.23. The highest BCUT2D eigenvalue weighted by Gasteiger charge is 2.07. The van der Waals surface area contributed by atoms with Crippen LogP contribution in [-0.4, -0.2) is 18.1 Å². The molecule has 0 unspecified atom stereocenters. The summed E-state index contributed by atoms with van der Waals surface area (Å²) in [6.07, 6.45) is 0. The van der Waals surface area contributed by atoms with E-state index in [0.717, 1.165) is 11.4 Å². The van der Waals surface area contributed by atoms with Gasteiger partial charge < -0.3 is 15.7 Å². The van der Waals surface area contributed by atoms with Crippen LogP contribution in [-0.2, 0) is 0 Å². The third kappa shape index (κ3) is 2.60. The summed E-state index contributed by atoms with van der Waals surface area (Å²) in [6, 6.07) is 13.6. The molecule has 0 radical (unpaired) electrons. The predicted molar refractivity (Wildman–Crippen MR) is 72.0 cm³/mol. The van der Waals surface area contributed by atoms with Gasteiger partial charge in [0.25, 0.3) is 5.91 Å². The van der Waals surface area contributed by atoms with Gasteiger partial charge in [-0.1, -0.05) is 12.1 Å². The van der Waals surface area contributed by atoms with Crippen LogP contribution >= 0.6 is 0 Å². The van der Waals surface area contributed by atoms with Crippen LogP contribution in [0.5, 0.6) is 5.75 Å². The van der Waals surface area contributed by atoms with Crippen LogP contribution < -0.4 is 10.6 Å². The van der Waals surface area contributed by atoms with Crippen LogP contribution in [0, 0.1) is 0 Å². The summed E-state index contributed by atoms with van der Waals surface area (Å²) < 4.78 is 0. The van der Waals surface area contributed by atoms with Crippen molar-refractivity contribution in [1.29, 1.82) is 0 Å². The second-order valence-corrected chi connectivity index (χ2v) is 3.80. The lowest BCUT2D eigenvalue weighted by Gasteiger charge is -2.10. The predicted octanol–water partition coefficient (Wildman–Crippen LogP) is 2.69. The Morgan fingerprint density at radius 3 is 2.22 bits per heavy atom. The SMILES string of the molecule is CNc1ccccc1NC(=O)c1ccc(O)cc1. The van der Waals surface area contributed by atoms with Gasteiger partial charge in [0.2, 0.25) is 0 Å². The summed E-state index contributed by atoms with van der Waals surface area (Å²) in [5.74, 6) is -0.0696. The van der Waals surface area contributed by atoms with Crippen molar-refractivity contribution < 1.29 is 9.90 Å². The molecule has 3 N–H and O–H groups in total. The Bertz CT molecular complexity index is 550.